The number of alkyl halides is 1. The molecule has 0 spiro atoms. The summed E-state index contributed by atoms with van der Waals surface area (Å²) in [5, 5.41) is 0.00661. The normalized spacial score (nSPS) is 11.6. The number of hydrogen-bond acceptors (Lipinski definition) is 6. The predicted molar refractivity (Wildman–Crippen MR) is 185 cm³/mol. The number of carbonyl (C=O) groups is 3. The van der Waals surface area contributed by atoms with E-state index in [2.05, 4.69) is 6.92 Å². The second-order valence-electron chi connectivity index (χ2n) is 11.9. The maximum atomic E-state index is 13.0. The first-order valence-corrected chi connectivity index (χ1v) is 17.6. The Labute approximate surface area is 278 Å². The van der Waals surface area contributed by atoms with Crippen LogP contribution in [0.1, 0.15) is 112 Å². The van der Waals surface area contributed by atoms with Crippen LogP contribution in [0.3, 0.4) is 0 Å². The van der Waals surface area contributed by atoms with Crippen LogP contribution in [0.4, 0.5) is 4.39 Å². The number of rotatable bonds is 22. The molecule has 0 saturated carbocycles. The quantitative estimate of drug-likeness (QED) is 0.0467. The van der Waals surface area contributed by atoms with Gasteiger partial charge in [0.2, 0.25) is 0 Å². The molecule has 0 aliphatic carbocycles. The Bertz CT molecular complexity index is 1320. The molecule has 0 heterocycles. The van der Waals surface area contributed by atoms with Crippen molar-refractivity contribution >= 4 is 28.6 Å². The van der Waals surface area contributed by atoms with Crippen LogP contribution in [0.15, 0.2) is 77.7 Å². The fraction of sp³-hybridized carbons (Fsp3) is 0.462. The van der Waals surface area contributed by atoms with Gasteiger partial charge in [-0.3, -0.25) is 9.59 Å². The molecule has 0 aliphatic heterocycles. The highest BCUT2D eigenvalue weighted by Gasteiger charge is 2.12. The van der Waals surface area contributed by atoms with Crippen molar-refractivity contribution in [1.29, 1.82) is 0 Å². The lowest BCUT2D eigenvalue weighted by Crippen LogP contribution is -2.09. The van der Waals surface area contributed by atoms with Crippen LogP contribution in [0.2, 0.25) is 0 Å². The topological polar surface area (TPSA) is 69.7 Å². The lowest BCUT2D eigenvalue weighted by molar-refractivity contribution is -0.118. The van der Waals surface area contributed by atoms with Crippen LogP contribution < -0.4 is 9.47 Å². The molecule has 0 radical (unpaired) electrons. The summed E-state index contributed by atoms with van der Waals surface area (Å²) in [5.41, 5.74) is 2.07. The van der Waals surface area contributed by atoms with Gasteiger partial charge in [0, 0.05) is 24.2 Å². The zero-order valence-corrected chi connectivity index (χ0v) is 28.3. The Kier molecular flexibility index (Phi) is 17.2. The van der Waals surface area contributed by atoms with Crippen LogP contribution >= 0.6 is 11.8 Å². The van der Waals surface area contributed by atoms with Crippen LogP contribution in [0.5, 0.6) is 11.5 Å². The van der Waals surface area contributed by atoms with Gasteiger partial charge in [-0.2, -0.15) is 0 Å². The SMILES string of the molecule is CCCCCCCCCCCCOc1ccc(CC(=O)Sc2ccc(C(=O)Oc3ccc(CC(=O)CCC(C)F)cc3)cc2)cc1. The van der Waals surface area contributed by atoms with Crippen molar-refractivity contribution in [3.8, 4) is 11.5 Å². The Hall–Kier alpha value is -3.45. The summed E-state index contributed by atoms with van der Waals surface area (Å²) in [6.07, 6.45) is 12.9. The van der Waals surface area contributed by atoms with E-state index >= 15 is 0 Å². The van der Waals surface area contributed by atoms with Gasteiger partial charge in [0.15, 0.2) is 5.12 Å². The van der Waals surface area contributed by atoms with Crippen molar-refractivity contribution in [3.63, 3.8) is 0 Å². The molecule has 0 amide bonds. The largest absolute Gasteiger partial charge is 0.494 e. The minimum Gasteiger partial charge on any atom is -0.494 e. The van der Waals surface area contributed by atoms with E-state index < -0.39 is 12.1 Å². The van der Waals surface area contributed by atoms with E-state index in [0.29, 0.717) is 24.3 Å². The summed E-state index contributed by atoms with van der Waals surface area (Å²) in [7, 11) is 0. The second kappa shape index (κ2) is 21.4. The number of ketones is 1. The summed E-state index contributed by atoms with van der Waals surface area (Å²) >= 11 is 1.14. The molecule has 1 unspecified atom stereocenters. The van der Waals surface area contributed by atoms with E-state index in [1.54, 1.807) is 48.5 Å². The molecule has 7 heteroatoms. The number of hydrogen-bond donors (Lipinski definition) is 0. The van der Waals surface area contributed by atoms with Crippen molar-refractivity contribution in [2.75, 3.05) is 6.61 Å². The third-order valence-electron chi connectivity index (χ3n) is 7.72. The molecule has 0 aromatic heterocycles. The molecule has 5 nitrogen and oxygen atoms in total. The summed E-state index contributed by atoms with van der Waals surface area (Å²) in [6.45, 7) is 4.41. The fourth-order valence-electron chi connectivity index (χ4n) is 4.99. The highest BCUT2D eigenvalue weighted by molar-refractivity contribution is 8.13. The van der Waals surface area contributed by atoms with Crippen molar-refractivity contribution in [2.45, 2.75) is 115 Å². The molecule has 0 N–H and O–H groups in total. The average Bonchev–Trinajstić information content (AvgIpc) is 3.04. The van der Waals surface area contributed by atoms with Gasteiger partial charge in [0.25, 0.3) is 0 Å². The van der Waals surface area contributed by atoms with Crippen molar-refractivity contribution in [3.05, 3.63) is 89.5 Å². The first-order chi connectivity index (χ1) is 22.3. The molecule has 0 fully saturated rings. The lowest BCUT2D eigenvalue weighted by atomic mass is 10.0. The van der Waals surface area contributed by atoms with Gasteiger partial charge in [0.1, 0.15) is 17.3 Å². The van der Waals surface area contributed by atoms with Crippen LogP contribution in [0, 0.1) is 0 Å². The Balaban J connectivity index is 1.32. The summed E-state index contributed by atoms with van der Waals surface area (Å²) < 4.78 is 24.3. The number of halogens is 1. The number of esters is 1. The van der Waals surface area contributed by atoms with Crippen molar-refractivity contribution in [2.24, 2.45) is 0 Å². The Morgan fingerprint density at radius 3 is 1.83 bits per heavy atom. The minimum absolute atomic E-state index is 0.00661. The number of carbonyl (C=O) groups excluding carboxylic acids is 3. The monoisotopic (exact) mass is 648 g/mol. The molecular formula is C39H49FO5S. The number of unbranched alkanes of at least 4 members (excludes halogenated alkanes) is 9. The summed E-state index contributed by atoms with van der Waals surface area (Å²) in [6, 6.07) is 21.2. The zero-order chi connectivity index (χ0) is 33.0. The summed E-state index contributed by atoms with van der Waals surface area (Å²) in [5.74, 6) is 0.651. The molecular weight excluding hydrogens is 599 g/mol. The van der Waals surface area contributed by atoms with Crippen LogP contribution in [-0.4, -0.2) is 29.6 Å². The van der Waals surface area contributed by atoms with Gasteiger partial charge in [-0.1, -0.05) is 101 Å². The zero-order valence-electron chi connectivity index (χ0n) is 27.4. The Morgan fingerprint density at radius 2 is 1.24 bits per heavy atom. The smallest absolute Gasteiger partial charge is 0.343 e. The maximum Gasteiger partial charge on any atom is 0.343 e. The van der Waals surface area contributed by atoms with Gasteiger partial charge in [-0.05, 0) is 79.4 Å². The van der Waals surface area contributed by atoms with Gasteiger partial charge in [-0.25, -0.2) is 9.18 Å². The van der Waals surface area contributed by atoms with Gasteiger partial charge >= 0.3 is 5.97 Å². The number of benzene rings is 3. The minimum atomic E-state index is -0.994. The van der Waals surface area contributed by atoms with E-state index in [4.69, 9.17) is 9.47 Å². The molecule has 1 atom stereocenters. The standard InChI is InChI=1S/C39H49FO5S/c1-3-4-5-6-7-8-9-10-11-12-27-44-35-21-14-32(15-22-35)29-38(42)46-37-25-18-33(19-26-37)39(43)45-36-23-16-31(17-24-36)28-34(41)20-13-30(2)40/h14-19,21-26,30H,3-13,20,27-29H2,1-2H3. The highest BCUT2D eigenvalue weighted by atomic mass is 32.2. The first kappa shape index (κ1) is 37.0. The van der Waals surface area contributed by atoms with Crippen molar-refractivity contribution in [1.82, 2.24) is 0 Å². The van der Waals surface area contributed by atoms with Crippen molar-refractivity contribution < 1.29 is 28.2 Å². The third kappa shape index (κ3) is 15.2. The van der Waals surface area contributed by atoms with Gasteiger partial charge in [0.05, 0.1) is 18.3 Å². The first-order valence-electron chi connectivity index (χ1n) is 16.8. The van der Waals surface area contributed by atoms with E-state index in [0.717, 1.165) is 40.0 Å². The predicted octanol–water partition coefficient (Wildman–Crippen LogP) is 10.3. The molecule has 0 saturated heterocycles. The lowest BCUT2D eigenvalue weighted by Gasteiger charge is -2.08. The van der Waals surface area contributed by atoms with Gasteiger partial charge < -0.3 is 9.47 Å². The number of Topliss-reactive ketones (excluding diaryl/α,β-unsaturated/α-hetero) is 1. The highest BCUT2D eigenvalue weighted by Crippen LogP contribution is 2.23. The molecule has 248 valence electrons. The Morgan fingerprint density at radius 1 is 0.696 bits per heavy atom. The average molecular weight is 649 g/mol. The molecule has 3 rings (SSSR count). The van der Waals surface area contributed by atoms with Gasteiger partial charge in [-0.15, -0.1) is 0 Å². The molecule has 0 bridgehead atoms. The van der Waals surface area contributed by atoms with Crippen LogP contribution in [0.25, 0.3) is 0 Å². The van der Waals surface area contributed by atoms with E-state index in [1.165, 1.54) is 64.7 Å². The fourth-order valence-corrected chi connectivity index (χ4v) is 5.77. The maximum absolute atomic E-state index is 13.0. The van der Waals surface area contributed by atoms with Crippen LogP contribution in [-0.2, 0) is 22.4 Å². The second-order valence-corrected chi connectivity index (χ2v) is 13.0. The van der Waals surface area contributed by atoms with E-state index in [1.807, 2.05) is 24.3 Å². The number of ether oxygens (including phenoxy) is 2. The van der Waals surface area contributed by atoms with E-state index in [-0.39, 0.29) is 30.2 Å². The molecule has 0 aliphatic rings. The number of thioether (sulfide) groups is 1. The summed E-state index contributed by atoms with van der Waals surface area (Å²) in [4.78, 5) is 38.0. The molecule has 46 heavy (non-hydrogen) atoms. The molecule has 3 aromatic carbocycles. The molecule has 3 aromatic rings. The third-order valence-corrected chi connectivity index (χ3v) is 8.60. The van der Waals surface area contributed by atoms with E-state index in [9.17, 15) is 18.8 Å².